The summed E-state index contributed by atoms with van der Waals surface area (Å²) in [5.41, 5.74) is 9.28. The van der Waals surface area contributed by atoms with Gasteiger partial charge in [0, 0.05) is 0 Å². The number of nitrogens with two attached hydrogens (primary N) is 2. The van der Waals surface area contributed by atoms with Gasteiger partial charge in [0.15, 0.2) is 34.8 Å². The third kappa shape index (κ3) is 5.33. The summed E-state index contributed by atoms with van der Waals surface area (Å²) in [6.07, 6.45) is -10.9. The van der Waals surface area contributed by atoms with Crippen molar-refractivity contribution in [3.05, 3.63) is 33.4 Å². The molecule has 3 saturated heterocycles. The number of nitrogens with zero attached hydrogens (tertiary/aromatic N) is 6. The number of phosphoric acid groups is 2. The molecular formula is C20H24N10O14P2. The zero-order chi connectivity index (χ0) is 32.7. The highest BCUT2D eigenvalue weighted by Gasteiger charge is 2.54. The first-order valence-corrected chi connectivity index (χ1v) is 16.1. The number of nitrogens with one attached hydrogen (secondary N) is 2. The van der Waals surface area contributed by atoms with Crippen molar-refractivity contribution < 1.29 is 56.7 Å². The minimum Gasteiger partial charge on any atom is -0.386 e. The molecule has 0 aliphatic carbocycles. The third-order valence-electron chi connectivity index (χ3n) is 7.38. The van der Waals surface area contributed by atoms with Gasteiger partial charge in [-0.05, 0) is 0 Å². The second kappa shape index (κ2) is 11.0. The highest BCUT2D eigenvalue weighted by Crippen LogP contribution is 2.53. The van der Waals surface area contributed by atoms with Gasteiger partial charge in [0.1, 0.15) is 36.6 Å². The Hall–Kier alpha value is -3.64. The number of hydrogen-bond acceptors (Lipinski definition) is 18. The summed E-state index contributed by atoms with van der Waals surface area (Å²) >= 11 is 0. The molecule has 7 rings (SSSR count). The fraction of sp³-hybridized carbons (Fsp3) is 0.500. The molecule has 0 aromatic carbocycles. The minimum absolute atomic E-state index is 0.121. The average molecular weight is 690 g/mol. The molecule has 0 amide bonds. The molecule has 3 aliphatic heterocycles. The number of nitrogen functional groups attached to an aromatic ring is 2. The summed E-state index contributed by atoms with van der Waals surface area (Å²) in [6.45, 7) is -1.74. The van der Waals surface area contributed by atoms with Crippen LogP contribution >= 0.6 is 15.6 Å². The van der Waals surface area contributed by atoms with E-state index in [1.165, 1.54) is 0 Å². The van der Waals surface area contributed by atoms with Crippen LogP contribution in [0.2, 0.25) is 0 Å². The minimum atomic E-state index is -5.10. The Morgan fingerprint density at radius 3 is 1.54 bits per heavy atom. The van der Waals surface area contributed by atoms with Crippen LogP contribution in [-0.4, -0.2) is 109 Å². The van der Waals surface area contributed by atoms with Crippen molar-refractivity contribution in [3.8, 4) is 0 Å². The Balaban J connectivity index is 1.18. The van der Waals surface area contributed by atoms with E-state index in [1.807, 2.05) is 0 Å². The number of ether oxygens (including phenoxy) is 2. The van der Waals surface area contributed by atoms with Crippen molar-refractivity contribution in [2.75, 3.05) is 24.7 Å². The van der Waals surface area contributed by atoms with Crippen LogP contribution in [0.15, 0.2) is 22.2 Å². The van der Waals surface area contributed by atoms with Gasteiger partial charge in [-0.15, -0.1) is 0 Å². The highest BCUT2D eigenvalue weighted by atomic mass is 31.2. The number of aliphatic hydroxyl groups excluding tert-OH is 2. The molecule has 3 aliphatic rings. The van der Waals surface area contributed by atoms with Crippen LogP contribution in [-0.2, 0) is 36.7 Å². The van der Waals surface area contributed by atoms with Crippen molar-refractivity contribution in [1.29, 1.82) is 0 Å². The third-order valence-corrected chi connectivity index (χ3v) is 9.35. The standard InChI is InChI=1S/C20H24N10O14P2/c21-19-25-13-7(15(33)27-19)23-3-29(13)17-9(31)11-5(41-17)1-39-45(35,36)44-12-6(2-40-46(37,38)43-11)42-18(10(12)32)30-4-24-8-14(30)26-20(22)28-16(8)34/h3-6,9-12,17-18,31-32H,1-2H2,(H,35,36)(H,37,38)(H3,21,25,27,33)(H3,22,26,28,34)/t5-,6-,9?,10?,11+,12+,17-,18-/m1/s1. The average Bonchev–Trinajstić information content (AvgIpc) is 3.72. The largest absolute Gasteiger partial charge is 0.472 e. The normalized spacial score (nSPS) is 37.1. The van der Waals surface area contributed by atoms with E-state index in [9.17, 15) is 38.7 Å². The fourth-order valence-electron chi connectivity index (χ4n) is 5.39. The van der Waals surface area contributed by atoms with E-state index in [-0.39, 0.29) is 34.2 Å². The Morgan fingerprint density at radius 1 is 0.761 bits per heavy atom. The maximum Gasteiger partial charge on any atom is 0.472 e. The van der Waals surface area contributed by atoms with Crippen molar-refractivity contribution in [3.63, 3.8) is 0 Å². The number of H-pyrrole nitrogens is 2. The molecule has 10 atom stereocenters. The molecule has 24 nitrogen and oxygen atoms in total. The van der Waals surface area contributed by atoms with E-state index in [4.69, 9.17) is 39.0 Å². The maximum atomic E-state index is 13.1. The first-order valence-electron chi connectivity index (χ1n) is 13.1. The molecule has 4 unspecified atom stereocenters. The van der Waals surface area contributed by atoms with E-state index in [0.29, 0.717) is 0 Å². The van der Waals surface area contributed by atoms with Gasteiger partial charge in [0.05, 0.1) is 25.9 Å². The van der Waals surface area contributed by atoms with Crippen LogP contribution in [0.25, 0.3) is 22.3 Å². The van der Waals surface area contributed by atoms with Crippen LogP contribution in [0, 0.1) is 0 Å². The summed E-state index contributed by atoms with van der Waals surface area (Å²) in [5, 5.41) is 22.2. The molecule has 0 saturated carbocycles. The molecule has 4 aromatic rings. The zero-order valence-electron chi connectivity index (χ0n) is 22.8. The number of anilines is 2. The molecular weight excluding hydrogens is 666 g/mol. The summed E-state index contributed by atoms with van der Waals surface area (Å²) in [7, 11) is -10.2. The van der Waals surface area contributed by atoms with Crippen molar-refractivity contribution in [2.24, 2.45) is 0 Å². The van der Waals surface area contributed by atoms with Gasteiger partial charge < -0.3 is 40.9 Å². The number of aromatic nitrogens is 8. The quantitative estimate of drug-likeness (QED) is 0.0968. The van der Waals surface area contributed by atoms with E-state index < -0.39 is 89.1 Å². The SMILES string of the molecule is Nc1nc2c(ncn2[C@@H]2O[C@@H]3COP(=O)(O)O[C@@H]4C(O)[C@H](n5cnc6c(=O)[nH]c(N)nc65)O[C@@H]4COP(=O)(O)O[C@@H]3C2O)c(=O)[nH]1. The number of aromatic amines is 2. The van der Waals surface area contributed by atoms with Gasteiger partial charge in [-0.1, -0.05) is 0 Å². The number of aliphatic hydroxyl groups is 2. The van der Waals surface area contributed by atoms with Gasteiger partial charge in [0.2, 0.25) is 11.9 Å². The van der Waals surface area contributed by atoms with Crippen molar-refractivity contribution in [1.82, 2.24) is 39.0 Å². The summed E-state index contributed by atoms with van der Waals surface area (Å²) < 4.78 is 60.5. The maximum absolute atomic E-state index is 13.1. The van der Waals surface area contributed by atoms with Gasteiger partial charge >= 0.3 is 15.6 Å². The van der Waals surface area contributed by atoms with Gasteiger partial charge in [-0.2, -0.15) is 9.97 Å². The molecule has 0 radical (unpaired) electrons. The van der Waals surface area contributed by atoms with Crippen LogP contribution < -0.4 is 22.6 Å². The summed E-state index contributed by atoms with van der Waals surface area (Å²) in [4.78, 5) is 65.9. The van der Waals surface area contributed by atoms with E-state index in [0.717, 1.165) is 21.8 Å². The smallest absolute Gasteiger partial charge is 0.386 e. The molecule has 3 fully saturated rings. The molecule has 10 N–H and O–H groups in total. The monoisotopic (exact) mass is 690 g/mol. The van der Waals surface area contributed by atoms with Crippen LogP contribution in [0.4, 0.5) is 11.9 Å². The lowest BCUT2D eigenvalue weighted by Gasteiger charge is -2.27. The second-order valence-corrected chi connectivity index (χ2v) is 13.1. The Labute approximate surface area is 253 Å². The first kappa shape index (κ1) is 31.0. The lowest BCUT2D eigenvalue weighted by atomic mass is 10.1. The van der Waals surface area contributed by atoms with Crippen LogP contribution in [0.5, 0.6) is 0 Å². The Kier molecular flexibility index (Phi) is 7.39. The highest BCUT2D eigenvalue weighted by molar-refractivity contribution is 7.47. The van der Waals surface area contributed by atoms with E-state index in [2.05, 4.69) is 29.9 Å². The van der Waals surface area contributed by atoms with Crippen molar-refractivity contribution >= 4 is 49.9 Å². The number of phosphoric ester groups is 2. The lowest BCUT2D eigenvalue weighted by Crippen LogP contribution is -2.39. The lowest BCUT2D eigenvalue weighted by molar-refractivity contribution is -0.0664. The van der Waals surface area contributed by atoms with Crippen molar-refractivity contribution in [2.45, 2.75) is 49.1 Å². The first-order chi connectivity index (χ1) is 21.7. The fourth-order valence-corrected chi connectivity index (χ4v) is 7.32. The Bertz CT molecular complexity index is 1900. The topological polar surface area (TPSA) is 350 Å². The van der Waals surface area contributed by atoms with Gasteiger partial charge in [0.25, 0.3) is 11.1 Å². The molecule has 248 valence electrons. The number of fused-ring (bicyclic) bond motifs is 4. The molecule has 4 aromatic heterocycles. The van der Waals surface area contributed by atoms with Gasteiger partial charge in [-0.25, -0.2) is 19.1 Å². The predicted molar refractivity (Wildman–Crippen MR) is 146 cm³/mol. The molecule has 0 spiro atoms. The molecule has 7 heterocycles. The van der Waals surface area contributed by atoms with Crippen LogP contribution in [0.3, 0.4) is 0 Å². The second-order valence-electron chi connectivity index (χ2n) is 10.3. The molecule has 46 heavy (non-hydrogen) atoms. The van der Waals surface area contributed by atoms with Gasteiger partial charge in [-0.3, -0.25) is 46.8 Å². The number of imidazole rings is 2. The van der Waals surface area contributed by atoms with Crippen LogP contribution in [0.1, 0.15) is 12.5 Å². The summed E-state index contributed by atoms with van der Waals surface area (Å²) in [5.74, 6) is -0.561. The van der Waals surface area contributed by atoms with E-state index in [1.54, 1.807) is 0 Å². The predicted octanol–water partition coefficient (Wildman–Crippen LogP) is -3.05. The Morgan fingerprint density at radius 2 is 1.15 bits per heavy atom. The summed E-state index contributed by atoms with van der Waals surface area (Å²) in [6, 6.07) is 0. The number of rotatable bonds is 2. The number of hydrogen-bond donors (Lipinski definition) is 8. The molecule has 0 bridgehead atoms. The molecule has 26 heteroatoms. The van der Waals surface area contributed by atoms with E-state index >= 15 is 0 Å². The zero-order valence-corrected chi connectivity index (χ0v) is 24.6.